The van der Waals surface area contributed by atoms with Crippen molar-refractivity contribution >= 4 is 21.0 Å². The predicted molar refractivity (Wildman–Crippen MR) is 102 cm³/mol. The van der Waals surface area contributed by atoms with Crippen LogP contribution in [-0.4, -0.2) is 48.3 Å². The van der Waals surface area contributed by atoms with Crippen molar-refractivity contribution in [2.75, 3.05) is 25.9 Å². The summed E-state index contributed by atoms with van der Waals surface area (Å²) in [4.78, 5) is 3.82. The summed E-state index contributed by atoms with van der Waals surface area (Å²) < 4.78 is 28.6. The number of nitrogens with one attached hydrogen (secondary N) is 1. The molecule has 2 aromatic rings. The van der Waals surface area contributed by atoms with Crippen LogP contribution in [0, 0.1) is 5.41 Å². The maximum atomic E-state index is 9.08. The average molecular weight is 377 g/mol. The number of piperidine rings is 1. The highest BCUT2D eigenvalue weighted by atomic mass is 32.2. The van der Waals surface area contributed by atoms with Gasteiger partial charge in [-0.2, -0.15) is 0 Å². The fourth-order valence-electron chi connectivity index (χ4n) is 5.90. The summed E-state index contributed by atoms with van der Waals surface area (Å²) >= 11 is 0. The first-order valence-corrected chi connectivity index (χ1v) is 11.4. The second-order valence-electron chi connectivity index (χ2n) is 8.52. The van der Waals surface area contributed by atoms with Gasteiger partial charge in [-0.15, -0.1) is 0 Å². The summed E-state index contributed by atoms with van der Waals surface area (Å²) in [6, 6.07) is 9.67. The zero-order valence-corrected chi connectivity index (χ0v) is 16.4. The molecule has 0 saturated carbocycles. The van der Waals surface area contributed by atoms with E-state index in [2.05, 4.69) is 36.2 Å². The highest BCUT2D eigenvalue weighted by Gasteiger charge is 2.59. The minimum atomic E-state index is -3.92. The van der Waals surface area contributed by atoms with E-state index in [1.165, 1.54) is 67.1 Å². The monoisotopic (exact) mass is 376 g/mol. The van der Waals surface area contributed by atoms with Crippen molar-refractivity contribution in [2.24, 2.45) is 5.41 Å². The Morgan fingerprint density at radius 2 is 2.04 bits per heavy atom. The third-order valence-corrected chi connectivity index (χ3v) is 6.99. The Morgan fingerprint density at radius 1 is 1.31 bits per heavy atom. The number of H-pyrrole nitrogens is 1. The lowest BCUT2D eigenvalue weighted by atomic mass is 9.77. The van der Waals surface area contributed by atoms with Gasteiger partial charge in [-0.25, -0.2) is 8.42 Å². The largest absolute Gasteiger partial charge is 0.748 e. The van der Waals surface area contributed by atoms with Crippen molar-refractivity contribution in [3.8, 4) is 0 Å². The van der Waals surface area contributed by atoms with Gasteiger partial charge in [-0.05, 0) is 30.9 Å². The van der Waals surface area contributed by atoms with Gasteiger partial charge in [0, 0.05) is 35.4 Å². The molecule has 4 heterocycles. The van der Waals surface area contributed by atoms with E-state index in [1.54, 1.807) is 11.3 Å². The maximum Gasteiger partial charge on any atom is 0.131 e. The molecule has 2 unspecified atom stereocenters. The van der Waals surface area contributed by atoms with Crippen molar-refractivity contribution in [3.63, 3.8) is 0 Å². The van der Waals surface area contributed by atoms with Gasteiger partial charge >= 0.3 is 0 Å². The van der Waals surface area contributed by atoms with Crippen molar-refractivity contribution in [1.29, 1.82) is 0 Å². The zero-order valence-electron chi connectivity index (χ0n) is 15.6. The first-order valence-electron chi connectivity index (χ1n) is 9.61. The van der Waals surface area contributed by atoms with Crippen LogP contribution in [0.1, 0.15) is 49.9 Å². The third-order valence-electron chi connectivity index (χ3n) is 6.99. The van der Waals surface area contributed by atoms with Crippen molar-refractivity contribution < 1.29 is 17.5 Å². The van der Waals surface area contributed by atoms with Gasteiger partial charge in [0.05, 0.1) is 35.4 Å². The molecule has 3 aliphatic heterocycles. The summed E-state index contributed by atoms with van der Waals surface area (Å²) in [5, 5.41) is 1.48. The molecule has 1 N–H and O–H groups in total. The molecule has 3 atom stereocenters. The molecule has 26 heavy (non-hydrogen) atoms. The van der Waals surface area contributed by atoms with E-state index in [0.29, 0.717) is 11.7 Å². The van der Waals surface area contributed by atoms with Crippen LogP contribution < -0.4 is 0 Å². The molecule has 1 aromatic carbocycles. The summed E-state index contributed by atoms with van der Waals surface area (Å²) in [6.45, 7) is 6.66. The fraction of sp³-hybridized carbons (Fsp3) is 0.600. The average Bonchev–Trinajstić information content (AvgIpc) is 3.06. The Balaban J connectivity index is 0.000000301. The number of hydrogen-bond donors (Lipinski definition) is 1. The Bertz CT molecular complexity index is 928. The number of para-hydroxylation sites is 1. The molecular formula is C20H28N2O3S. The quantitative estimate of drug-likeness (QED) is 0.613. The summed E-state index contributed by atoms with van der Waals surface area (Å²) in [5.74, 6) is 0. The number of aromatic amines is 1. The molecule has 142 valence electrons. The molecule has 6 heteroatoms. The van der Waals surface area contributed by atoms with Crippen LogP contribution in [-0.2, 0) is 16.5 Å². The molecule has 3 aliphatic rings. The van der Waals surface area contributed by atoms with E-state index in [9.17, 15) is 0 Å². The van der Waals surface area contributed by atoms with Gasteiger partial charge in [0.25, 0.3) is 0 Å². The second-order valence-corrected chi connectivity index (χ2v) is 9.93. The van der Waals surface area contributed by atoms with Crippen molar-refractivity contribution in [3.05, 3.63) is 35.5 Å². The van der Waals surface area contributed by atoms with Crippen LogP contribution >= 0.6 is 0 Å². The molecule has 1 aromatic heterocycles. The van der Waals surface area contributed by atoms with Crippen LogP contribution in [0.3, 0.4) is 0 Å². The van der Waals surface area contributed by atoms with Gasteiger partial charge in [-0.1, -0.05) is 25.1 Å². The van der Waals surface area contributed by atoms with E-state index in [-0.39, 0.29) is 0 Å². The van der Waals surface area contributed by atoms with E-state index in [1.807, 2.05) is 0 Å². The molecule has 2 saturated heterocycles. The molecule has 0 amide bonds. The van der Waals surface area contributed by atoms with Gasteiger partial charge in [0.2, 0.25) is 0 Å². The Kier molecular flexibility index (Phi) is 4.21. The van der Waals surface area contributed by atoms with Crippen molar-refractivity contribution in [1.82, 2.24) is 4.98 Å². The lowest BCUT2D eigenvalue weighted by molar-refractivity contribution is -0.953. The second kappa shape index (κ2) is 6.08. The van der Waals surface area contributed by atoms with Gasteiger partial charge in [0.15, 0.2) is 0 Å². The third kappa shape index (κ3) is 2.98. The standard InChI is InChI=1S/C19H25N2.CH4O3S/c1-2-19-9-5-10-21(13-19)11-8-15-14-6-3-4-7-16(14)20-18(15)17(21)12-19;1-5(2,3)4/h3-4,6-7,17,20H,2,5,8-13H2,1H3;1H3,(H,2,3,4)/q+1;/p-1/t17?,19-,21?;/m1./s1. The van der Waals surface area contributed by atoms with Crippen molar-refractivity contribution in [2.45, 2.75) is 45.1 Å². The molecule has 0 aliphatic carbocycles. The van der Waals surface area contributed by atoms with Crippen LogP contribution in [0.4, 0.5) is 0 Å². The fourth-order valence-corrected chi connectivity index (χ4v) is 5.90. The first-order chi connectivity index (χ1) is 12.3. The predicted octanol–water partition coefficient (Wildman–Crippen LogP) is 3.34. The van der Waals surface area contributed by atoms with E-state index in [0.717, 1.165) is 6.04 Å². The smallest absolute Gasteiger partial charge is 0.131 e. The minimum Gasteiger partial charge on any atom is -0.748 e. The number of nitrogens with zero attached hydrogens (tertiary/aromatic N) is 1. The van der Waals surface area contributed by atoms with Crippen LogP contribution in [0.15, 0.2) is 24.3 Å². The van der Waals surface area contributed by atoms with E-state index >= 15 is 0 Å². The van der Waals surface area contributed by atoms with Crippen LogP contribution in [0.25, 0.3) is 10.9 Å². The number of aromatic nitrogens is 1. The topological polar surface area (TPSA) is 73.0 Å². The molecule has 0 radical (unpaired) electrons. The van der Waals surface area contributed by atoms with E-state index in [4.69, 9.17) is 13.0 Å². The summed E-state index contributed by atoms with van der Waals surface area (Å²) in [6.07, 6.45) is 7.58. The molecule has 5 rings (SSSR count). The number of hydrogen-bond acceptors (Lipinski definition) is 3. The number of benzene rings is 1. The van der Waals surface area contributed by atoms with Gasteiger partial charge in [0.1, 0.15) is 6.04 Å². The highest BCUT2D eigenvalue weighted by molar-refractivity contribution is 7.84. The minimum absolute atomic E-state index is 0.604. The number of rotatable bonds is 1. The van der Waals surface area contributed by atoms with Gasteiger partial charge < -0.3 is 14.0 Å². The summed E-state index contributed by atoms with van der Waals surface area (Å²) in [5.41, 5.74) is 5.23. The summed E-state index contributed by atoms with van der Waals surface area (Å²) in [7, 11) is -3.92. The molecule has 1 spiro atoms. The Labute approximate surface area is 155 Å². The normalized spacial score (nSPS) is 32.5. The zero-order chi connectivity index (χ0) is 18.6. The number of quaternary nitrogens is 1. The highest BCUT2D eigenvalue weighted by Crippen LogP contribution is 2.57. The number of fused-ring (bicyclic) bond motifs is 5. The Morgan fingerprint density at radius 3 is 2.77 bits per heavy atom. The van der Waals surface area contributed by atoms with Gasteiger partial charge in [-0.3, -0.25) is 0 Å². The SMILES string of the molecule is CC[C@@]12CCC[N+]3(CCc4c([nH]c5ccccc45)C3C1)C2.CS(=O)(=O)[O-]. The van der Waals surface area contributed by atoms with Crippen LogP contribution in [0.5, 0.6) is 0 Å². The van der Waals surface area contributed by atoms with E-state index < -0.39 is 10.1 Å². The molecule has 2 bridgehead atoms. The first kappa shape index (κ1) is 18.0. The van der Waals surface area contributed by atoms with Crippen LogP contribution in [0.2, 0.25) is 0 Å². The maximum absolute atomic E-state index is 9.08. The molecule has 5 nitrogen and oxygen atoms in total. The lowest BCUT2D eigenvalue weighted by Gasteiger charge is -2.46. The Hall–Kier alpha value is -1.37. The lowest BCUT2D eigenvalue weighted by Crippen LogP contribution is -2.54. The molecular weight excluding hydrogens is 348 g/mol. The molecule has 2 fully saturated rings.